The van der Waals surface area contributed by atoms with Crippen LogP contribution in [0.2, 0.25) is 0 Å². The number of ether oxygens (including phenoxy) is 2. The van der Waals surface area contributed by atoms with E-state index < -0.39 is 6.03 Å². The van der Waals surface area contributed by atoms with Crippen molar-refractivity contribution in [1.82, 2.24) is 25.2 Å². The first kappa shape index (κ1) is 21.4. The molecule has 2 heterocycles. The maximum atomic E-state index is 12.8. The largest absolute Gasteiger partial charge is 0.493 e. The number of aromatic nitrogens is 3. The van der Waals surface area contributed by atoms with Crippen molar-refractivity contribution in [2.45, 2.75) is 13.5 Å². The average molecular weight is 477 g/mol. The van der Waals surface area contributed by atoms with Crippen LogP contribution >= 0.6 is 15.9 Å². The summed E-state index contributed by atoms with van der Waals surface area (Å²) in [6.07, 6.45) is 0. The van der Waals surface area contributed by atoms with Crippen LogP contribution in [-0.2, 0) is 6.54 Å². The van der Waals surface area contributed by atoms with Crippen LogP contribution in [0.3, 0.4) is 0 Å². The van der Waals surface area contributed by atoms with E-state index in [1.807, 2.05) is 6.07 Å². The summed E-state index contributed by atoms with van der Waals surface area (Å²) in [4.78, 5) is 28.8. The molecule has 11 heteroatoms. The van der Waals surface area contributed by atoms with E-state index >= 15 is 0 Å². The molecule has 0 aliphatic heterocycles. The van der Waals surface area contributed by atoms with Crippen molar-refractivity contribution in [3.8, 4) is 11.5 Å². The van der Waals surface area contributed by atoms with E-state index in [4.69, 9.17) is 9.47 Å². The number of amides is 3. The molecule has 158 valence electrons. The zero-order chi connectivity index (χ0) is 21.7. The molecule has 3 amide bonds. The third kappa shape index (κ3) is 4.79. The van der Waals surface area contributed by atoms with Gasteiger partial charge < -0.3 is 20.1 Å². The van der Waals surface area contributed by atoms with Gasteiger partial charge in [0, 0.05) is 17.6 Å². The molecule has 0 spiro atoms. The van der Waals surface area contributed by atoms with Crippen LogP contribution in [0.1, 0.15) is 23.0 Å². The normalized spacial score (nSPS) is 10.5. The van der Waals surface area contributed by atoms with Gasteiger partial charge in [-0.3, -0.25) is 10.1 Å². The zero-order valence-electron chi connectivity index (χ0n) is 16.7. The van der Waals surface area contributed by atoms with Crippen molar-refractivity contribution < 1.29 is 19.1 Å². The number of anilines is 1. The highest BCUT2D eigenvalue weighted by atomic mass is 79.9. The number of hydrogen-bond acceptors (Lipinski definition) is 6. The Morgan fingerprint density at radius 3 is 2.57 bits per heavy atom. The Labute approximate surface area is 181 Å². The molecule has 0 bridgehead atoms. The lowest BCUT2D eigenvalue weighted by atomic mass is 10.2. The molecule has 1 aromatic carbocycles. The van der Waals surface area contributed by atoms with Gasteiger partial charge >= 0.3 is 6.03 Å². The average Bonchev–Trinajstić information content (AvgIpc) is 3.12. The monoisotopic (exact) mass is 476 g/mol. The van der Waals surface area contributed by atoms with E-state index in [0.717, 1.165) is 5.56 Å². The fraction of sp³-hybridized carbons (Fsp3) is 0.263. The van der Waals surface area contributed by atoms with Gasteiger partial charge in [-0.05, 0) is 36.8 Å². The van der Waals surface area contributed by atoms with Gasteiger partial charge in [0.15, 0.2) is 17.1 Å². The van der Waals surface area contributed by atoms with Crippen molar-refractivity contribution in [2.75, 3.05) is 26.1 Å². The SMILES string of the molecule is CCNC(=O)Nc1nc2cc(Br)cc(C(=O)NCc3ccc(OC)c(OC)c3)n2n1. The van der Waals surface area contributed by atoms with Gasteiger partial charge in [0.1, 0.15) is 5.69 Å². The molecule has 0 unspecified atom stereocenters. The first-order chi connectivity index (χ1) is 14.4. The Bertz CT molecular complexity index is 1080. The van der Waals surface area contributed by atoms with E-state index in [9.17, 15) is 9.59 Å². The summed E-state index contributed by atoms with van der Waals surface area (Å²) in [5.74, 6) is 0.918. The number of fused-ring (bicyclic) bond motifs is 1. The van der Waals surface area contributed by atoms with Crippen molar-refractivity contribution in [3.63, 3.8) is 0 Å². The maximum Gasteiger partial charge on any atom is 0.321 e. The molecular formula is C19H21BrN6O4. The van der Waals surface area contributed by atoms with Crippen molar-refractivity contribution in [3.05, 3.63) is 46.1 Å². The van der Waals surface area contributed by atoms with Gasteiger partial charge in [0.25, 0.3) is 11.9 Å². The lowest BCUT2D eigenvalue weighted by Gasteiger charge is -2.11. The topological polar surface area (TPSA) is 119 Å². The van der Waals surface area contributed by atoms with E-state index in [1.165, 1.54) is 4.52 Å². The van der Waals surface area contributed by atoms with Gasteiger partial charge in [-0.15, -0.1) is 5.10 Å². The summed E-state index contributed by atoms with van der Waals surface area (Å²) >= 11 is 3.38. The Kier molecular flexibility index (Phi) is 6.72. The molecule has 3 rings (SSSR count). The van der Waals surface area contributed by atoms with E-state index in [2.05, 4.69) is 42.0 Å². The number of carbonyl (C=O) groups is 2. The standard InChI is InChI=1S/C19H21BrN6O4/c1-4-21-19(28)24-18-23-16-9-12(20)8-13(26(16)25-18)17(27)22-10-11-5-6-14(29-2)15(7-11)30-3/h5-9H,4,10H2,1-3H3,(H,22,27)(H2,21,24,25,28). The van der Waals surface area contributed by atoms with Gasteiger partial charge in [-0.2, -0.15) is 4.98 Å². The minimum absolute atomic E-state index is 0.0907. The van der Waals surface area contributed by atoms with Crippen LogP contribution in [0.4, 0.5) is 10.7 Å². The summed E-state index contributed by atoms with van der Waals surface area (Å²) < 4.78 is 12.5. The molecule has 3 N–H and O–H groups in total. The van der Waals surface area contributed by atoms with Crippen molar-refractivity contribution in [1.29, 1.82) is 0 Å². The number of carbonyl (C=O) groups excluding carboxylic acids is 2. The Morgan fingerprint density at radius 1 is 1.10 bits per heavy atom. The molecule has 0 saturated carbocycles. The van der Waals surface area contributed by atoms with Crippen LogP contribution in [0.5, 0.6) is 11.5 Å². The summed E-state index contributed by atoms with van der Waals surface area (Å²) in [5.41, 5.74) is 1.51. The number of benzene rings is 1. The van der Waals surface area contributed by atoms with E-state index in [1.54, 1.807) is 45.4 Å². The second kappa shape index (κ2) is 9.44. The highest BCUT2D eigenvalue weighted by Gasteiger charge is 2.16. The summed E-state index contributed by atoms with van der Waals surface area (Å²) in [7, 11) is 3.11. The van der Waals surface area contributed by atoms with E-state index in [-0.39, 0.29) is 24.1 Å². The number of hydrogen-bond donors (Lipinski definition) is 3. The molecule has 0 atom stereocenters. The van der Waals surface area contributed by atoms with Crippen LogP contribution in [0.25, 0.3) is 5.65 Å². The van der Waals surface area contributed by atoms with Crippen LogP contribution < -0.4 is 25.4 Å². The second-order valence-electron chi connectivity index (χ2n) is 6.12. The minimum Gasteiger partial charge on any atom is -0.493 e. The van der Waals surface area contributed by atoms with Gasteiger partial charge in [-0.25, -0.2) is 9.31 Å². The van der Waals surface area contributed by atoms with Gasteiger partial charge in [0.05, 0.1) is 14.2 Å². The zero-order valence-corrected chi connectivity index (χ0v) is 18.2. The van der Waals surface area contributed by atoms with Gasteiger partial charge in [-0.1, -0.05) is 22.0 Å². The Balaban J connectivity index is 1.80. The number of pyridine rings is 1. The highest BCUT2D eigenvalue weighted by Crippen LogP contribution is 2.27. The fourth-order valence-electron chi connectivity index (χ4n) is 2.74. The lowest BCUT2D eigenvalue weighted by Crippen LogP contribution is -2.28. The van der Waals surface area contributed by atoms with Gasteiger partial charge in [0.2, 0.25) is 0 Å². The predicted molar refractivity (Wildman–Crippen MR) is 114 cm³/mol. The molecule has 3 aromatic rings. The first-order valence-corrected chi connectivity index (χ1v) is 9.84. The molecule has 0 radical (unpaired) electrons. The number of urea groups is 1. The minimum atomic E-state index is -0.424. The van der Waals surface area contributed by atoms with Crippen molar-refractivity contribution in [2.24, 2.45) is 0 Å². The molecule has 30 heavy (non-hydrogen) atoms. The van der Waals surface area contributed by atoms with Crippen LogP contribution in [-0.4, -0.2) is 47.3 Å². The third-order valence-corrected chi connectivity index (χ3v) is 4.56. The van der Waals surface area contributed by atoms with Crippen LogP contribution in [0, 0.1) is 0 Å². The van der Waals surface area contributed by atoms with Crippen molar-refractivity contribution >= 4 is 39.5 Å². The molecule has 2 aromatic heterocycles. The number of methoxy groups -OCH3 is 2. The Morgan fingerprint density at radius 2 is 1.87 bits per heavy atom. The number of nitrogens with zero attached hydrogens (tertiary/aromatic N) is 3. The molecule has 0 aliphatic rings. The number of nitrogens with one attached hydrogen (secondary N) is 3. The maximum absolute atomic E-state index is 12.8. The highest BCUT2D eigenvalue weighted by molar-refractivity contribution is 9.10. The van der Waals surface area contributed by atoms with E-state index in [0.29, 0.717) is 28.2 Å². The smallest absolute Gasteiger partial charge is 0.321 e. The molecular weight excluding hydrogens is 456 g/mol. The number of halogens is 1. The number of rotatable bonds is 7. The molecule has 0 aliphatic carbocycles. The lowest BCUT2D eigenvalue weighted by molar-refractivity contribution is 0.0943. The summed E-state index contributed by atoms with van der Waals surface area (Å²) in [5, 5.41) is 12.2. The molecule has 0 saturated heterocycles. The summed E-state index contributed by atoms with van der Waals surface area (Å²) in [6.45, 7) is 2.54. The predicted octanol–water partition coefficient (Wildman–Crippen LogP) is 2.58. The molecule has 0 fully saturated rings. The molecule has 10 nitrogen and oxygen atoms in total. The quantitative estimate of drug-likeness (QED) is 0.482. The van der Waals surface area contributed by atoms with Crippen LogP contribution in [0.15, 0.2) is 34.8 Å². The third-order valence-electron chi connectivity index (χ3n) is 4.10. The fourth-order valence-corrected chi connectivity index (χ4v) is 3.16. The second-order valence-corrected chi connectivity index (χ2v) is 7.04. The summed E-state index contributed by atoms with van der Waals surface area (Å²) in [6, 6.07) is 8.30. The Hall–Kier alpha value is -3.34. The first-order valence-electron chi connectivity index (χ1n) is 9.05.